The predicted octanol–water partition coefficient (Wildman–Crippen LogP) is 3.30. The molecule has 100 valence electrons. The van der Waals surface area contributed by atoms with Gasteiger partial charge in [0.15, 0.2) is 0 Å². The van der Waals surface area contributed by atoms with E-state index in [1.165, 1.54) is 0 Å². The predicted molar refractivity (Wildman–Crippen MR) is 63.5 cm³/mol. The Balaban J connectivity index is 2.71. The molecule has 1 amide bonds. The van der Waals surface area contributed by atoms with Crippen molar-refractivity contribution in [3.05, 3.63) is 34.9 Å². The Morgan fingerprint density at radius 3 is 2.17 bits per heavy atom. The lowest BCUT2D eigenvalue weighted by atomic mass is 9.84. The molecule has 0 fully saturated rings. The monoisotopic (exact) mass is 279 g/mol. The van der Waals surface area contributed by atoms with E-state index in [2.05, 4.69) is 0 Å². The minimum atomic E-state index is -4.85. The van der Waals surface area contributed by atoms with E-state index in [1.54, 1.807) is 38.1 Å². The van der Waals surface area contributed by atoms with Crippen LogP contribution in [0.4, 0.5) is 13.2 Å². The van der Waals surface area contributed by atoms with Gasteiger partial charge in [0.2, 0.25) is 0 Å². The lowest BCUT2D eigenvalue weighted by Gasteiger charge is -2.26. The average molecular weight is 280 g/mol. The van der Waals surface area contributed by atoms with Gasteiger partial charge in [-0.3, -0.25) is 4.79 Å². The molecule has 18 heavy (non-hydrogen) atoms. The zero-order chi connectivity index (χ0) is 14.0. The van der Waals surface area contributed by atoms with Crippen molar-refractivity contribution in [2.24, 2.45) is 0 Å². The maximum Gasteiger partial charge on any atom is 0.471 e. The molecule has 1 aromatic rings. The van der Waals surface area contributed by atoms with Gasteiger partial charge < -0.3 is 5.32 Å². The highest BCUT2D eigenvalue weighted by Gasteiger charge is 2.39. The molecule has 1 N–H and O–H groups in total. The number of benzene rings is 1. The van der Waals surface area contributed by atoms with Crippen molar-refractivity contribution in [1.29, 1.82) is 0 Å². The average Bonchev–Trinajstić information content (AvgIpc) is 2.25. The summed E-state index contributed by atoms with van der Waals surface area (Å²) in [5.74, 6) is -1.93. The van der Waals surface area contributed by atoms with Crippen LogP contribution in [0.2, 0.25) is 5.02 Å². The van der Waals surface area contributed by atoms with E-state index in [-0.39, 0.29) is 6.54 Å². The van der Waals surface area contributed by atoms with E-state index in [0.29, 0.717) is 5.02 Å². The van der Waals surface area contributed by atoms with Gasteiger partial charge in [0.1, 0.15) is 0 Å². The molecular weight excluding hydrogens is 267 g/mol. The number of carbonyl (C=O) groups is 1. The fourth-order valence-electron chi connectivity index (χ4n) is 1.40. The van der Waals surface area contributed by atoms with Crippen molar-refractivity contribution in [1.82, 2.24) is 5.32 Å². The largest absolute Gasteiger partial charge is 0.471 e. The summed E-state index contributed by atoms with van der Waals surface area (Å²) in [5, 5.41) is 2.43. The number of carbonyl (C=O) groups excluding carboxylic acids is 1. The number of halogens is 4. The zero-order valence-electron chi connectivity index (χ0n) is 9.94. The quantitative estimate of drug-likeness (QED) is 0.904. The van der Waals surface area contributed by atoms with Crippen LogP contribution in [0.15, 0.2) is 24.3 Å². The van der Waals surface area contributed by atoms with Crippen LogP contribution in [0.25, 0.3) is 0 Å². The molecule has 1 aromatic carbocycles. The van der Waals surface area contributed by atoms with Crippen LogP contribution in [0.3, 0.4) is 0 Å². The summed E-state index contributed by atoms with van der Waals surface area (Å²) >= 11 is 5.73. The van der Waals surface area contributed by atoms with Crippen LogP contribution < -0.4 is 5.32 Å². The number of rotatable bonds is 3. The number of alkyl halides is 3. The highest BCUT2D eigenvalue weighted by atomic mass is 35.5. The van der Waals surface area contributed by atoms with Crippen LogP contribution in [-0.4, -0.2) is 18.6 Å². The Bertz CT molecular complexity index is 426. The standard InChI is InChI=1S/C12H13ClF3NO/c1-11(2,7-17-10(18)12(14,15)16)8-3-5-9(13)6-4-8/h3-6H,7H2,1-2H3,(H,17,18). The lowest BCUT2D eigenvalue weighted by molar-refractivity contribution is -0.173. The molecule has 0 saturated heterocycles. The fraction of sp³-hybridized carbons (Fsp3) is 0.417. The van der Waals surface area contributed by atoms with E-state index >= 15 is 0 Å². The van der Waals surface area contributed by atoms with Crippen molar-refractivity contribution in [3.8, 4) is 0 Å². The molecule has 0 aromatic heterocycles. The fourth-order valence-corrected chi connectivity index (χ4v) is 1.53. The second kappa shape index (κ2) is 5.18. The van der Waals surface area contributed by atoms with Crippen LogP contribution in [-0.2, 0) is 10.2 Å². The first-order chi connectivity index (χ1) is 8.13. The molecular formula is C12H13ClF3NO. The summed E-state index contributed by atoms with van der Waals surface area (Å²) in [5.41, 5.74) is 0.195. The third-order valence-electron chi connectivity index (χ3n) is 2.57. The molecule has 0 radical (unpaired) electrons. The molecule has 0 atom stereocenters. The van der Waals surface area contributed by atoms with Crippen molar-refractivity contribution >= 4 is 17.5 Å². The van der Waals surface area contributed by atoms with Gasteiger partial charge in [0.25, 0.3) is 0 Å². The molecule has 0 heterocycles. The Morgan fingerprint density at radius 2 is 1.72 bits per heavy atom. The molecule has 6 heteroatoms. The molecule has 0 saturated carbocycles. The van der Waals surface area contributed by atoms with E-state index in [1.807, 2.05) is 5.32 Å². The van der Waals surface area contributed by atoms with E-state index in [0.717, 1.165) is 5.56 Å². The minimum Gasteiger partial charge on any atom is -0.347 e. The molecule has 0 aliphatic heterocycles. The number of hydrogen-bond acceptors (Lipinski definition) is 1. The Hall–Kier alpha value is -1.23. The Morgan fingerprint density at radius 1 is 1.22 bits per heavy atom. The van der Waals surface area contributed by atoms with Gasteiger partial charge in [0.05, 0.1) is 0 Å². The Labute approximate surface area is 108 Å². The molecule has 0 aliphatic rings. The van der Waals surface area contributed by atoms with Gasteiger partial charge in [0, 0.05) is 17.0 Å². The first-order valence-corrected chi connectivity index (χ1v) is 5.62. The third kappa shape index (κ3) is 3.91. The van der Waals surface area contributed by atoms with Gasteiger partial charge in [-0.15, -0.1) is 0 Å². The van der Waals surface area contributed by atoms with E-state index < -0.39 is 17.5 Å². The summed E-state index contributed by atoms with van der Waals surface area (Å²) in [6, 6.07) is 6.76. The van der Waals surface area contributed by atoms with Crippen molar-refractivity contribution in [3.63, 3.8) is 0 Å². The number of hydrogen-bond donors (Lipinski definition) is 1. The van der Waals surface area contributed by atoms with Gasteiger partial charge in [-0.2, -0.15) is 13.2 Å². The van der Waals surface area contributed by atoms with Gasteiger partial charge >= 0.3 is 12.1 Å². The lowest BCUT2D eigenvalue weighted by Crippen LogP contribution is -2.43. The molecule has 0 unspecified atom stereocenters. The highest BCUT2D eigenvalue weighted by Crippen LogP contribution is 2.24. The van der Waals surface area contributed by atoms with Crippen LogP contribution >= 0.6 is 11.6 Å². The zero-order valence-corrected chi connectivity index (χ0v) is 10.7. The van der Waals surface area contributed by atoms with Crippen LogP contribution in [0.5, 0.6) is 0 Å². The number of amides is 1. The molecule has 1 rings (SSSR count). The van der Waals surface area contributed by atoms with Gasteiger partial charge in [-0.1, -0.05) is 37.6 Å². The smallest absolute Gasteiger partial charge is 0.347 e. The maximum atomic E-state index is 12.1. The topological polar surface area (TPSA) is 29.1 Å². The molecule has 0 spiro atoms. The van der Waals surface area contributed by atoms with Gasteiger partial charge in [-0.25, -0.2) is 0 Å². The second-order valence-corrected chi connectivity index (χ2v) is 5.01. The number of nitrogens with one attached hydrogen (secondary N) is 1. The first-order valence-electron chi connectivity index (χ1n) is 5.24. The van der Waals surface area contributed by atoms with E-state index in [4.69, 9.17) is 11.6 Å². The SMILES string of the molecule is CC(C)(CNC(=O)C(F)(F)F)c1ccc(Cl)cc1. The van der Waals surface area contributed by atoms with Crippen molar-refractivity contribution in [2.45, 2.75) is 25.4 Å². The highest BCUT2D eigenvalue weighted by molar-refractivity contribution is 6.30. The Kier molecular flexibility index (Phi) is 4.27. The van der Waals surface area contributed by atoms with Gasteiger partial charge in [-0.05, 0) is 17.7 Å². The normalized spacial score (nSPS) is 12.3. The second-order valence-electron chi connectivity index (χ2n) is 4.57. The van der Waals surface area contributed by atoms with Crippen molar-refractivity contribution < 1.29 is 18.0 Å². The van der Waals surface area contributed by atoms with E-state index in [9.17, 15) is 18.0 Å². The van der Waals surface area contributed by atoms with Crippen LogP contribution in [0.1, 0.15) is 19.4 Å². The summed E-state index contributed by atoms with van der Waals surface area (Å²) in [6.07, 6.45) is -4.85. The summed E-state index contributed by atoms with van der Waals surface area (Å²) in [4.78, 5) is 10.7. The minimum absolute atomic E-state index is 0.104. The summed E-state index contributed by atoms with van der Waals surface area (Å²) in [7, 11) is 0. The van der Waals surface area contributed by atoms with Crippen LogP contribution in [0, 0.1) is 0 Å². The third-order valence-corrected chi connectivity index (χ3v) is 2.83. The van der Waals surface area contributed by atoms with Crippen molar-refractivity contribution in [2.75, 3.05) is 6.54 Å². The molecule has 0 aliphatic carbocycles. The maximum absolute atomic E-state index is 12.1. The summed E-state index contributed by atoms with van der Waals surface area (Å²) in [6.45, 7) is 3.38. The molecule has 2 nitrogen and oxygen atoms in total. The molecule has 0 bridgehead atoms. The summed E-state index contributed by atoms with van der Waals surface area (Å²) < 4.78 is 36.2. The first kappa shape index (κ1) is 14.8.